The van der Waals surface area contributed by atoms with E-state index in [1.807, 2.05) is 7.05 Å². The Hall–Kier alpha value is -0.120. The average molecular weight is 215 g/mol. The molecule has 0 bridgehead atoms. The molecule has 1 fully saturated rings. The van der Waals surface area contributed by atoms with Crippen LogP contribution in [0.25, 0.3) is 0 Å². The number of aliphatic hydroxyl groups excluding tert-OH is 1. The zero-order chi connectivity index (χ0) is 11.3. The van der Waals surface area contributed by atoms with Crippen LogP contribution >= 0.6 is 0 Å². The summed E-state index contributed by atoms with van der Waals surface area (Å²) in [5, 5.41) is 12.1. The minimum Gasteiger partial charge on any atom is -0.395 e. The van der Waals surface area contributed by atoms with E-state index in [1.165, 1.54) is 19.3 Å². The summed E-state index contributed by atoms with van der Waals surface area (Å²) in [6.07, 6.45) is 4.07. The molecule has 0 saturated heterocycles. The van der Waals surface area contributed by atoms with Crippen LogP contribution in [-0.4, -0.2) is 37.5 Å². The molecule has 0 aromatic carbocycles. The van der Waals surface area contributed by atoms with E-state index in [0.29, 0.717) is 12.7 Å². The Morgan fingerprint density at radius 3 is 2.33 bits per heavy atom. The Balaban J connectivity index is 2.25. The molecule has 90 valence electrons. The molecule has 0 aliphatic heterocycles. The van der Waals surface area contributed by atoms with Gasteiger partial charge in [0.05, 0.1) is 25.4 Å². The summed E-state index contributed by atoms with van der Waals surface area (Å²) in [4.78, 5) is 0. The quantitative estimate of drug-likeness (QED) is 0.728. The van der Waals surface area contributed by atoms with Gasteiger partial charge in [-0.15, -0.1) is 0 Å². The highest BCUT2D eigenvalue weighted by atomic mass is 16.5. The molecule has 3 atom stereocenters. The van der Waals surface area contributed by atoms with Crippen LogP contribution in [0.2, 0.25) is 0 Å². The van der Waals surface area contributed by atoms with Crippen molar-refractivity contribution in [1.29, 1.82) is 0 Å². The molecule has 0 radical (unpaired) electrons. The third-order valence-electron chi connectivity index (χ3n) is 3.30. The second-order valence-corrected chi connectivity index (χ2v) is 5.04. The van der Waals surface area contributed by atoms with Crippen LogP contribution in [0.3, 0.4) is 0 Å². The standard InChI is InChI=1S/C12H25NO2/c1-9-4-10(2)6-12(5-9)15-8-11(7-14)13-3/h9-14H,4-8H2,1-3H3. The van der Waals surface area contributed by atoms with E-state index >= 15 is 0 Å². The van der Waals surface area contributed by atoms with Gasteiger partial charge in [-0.25, -0.2) is 0 Å². The van der Waals surface area contributed by atoms with Crippen molar-refractivity contribution < 1.29 is 9.84 Å². The van der Waals surface area contributed by atoms with Gasteiger partial charge in [-0.05, 0) is 38.1 Å². The highest BCUT2D eigenvalue weighted by Crippen LogP contribution is 2.30. The van der Waals surface area contributed by atoms with E-state index in [-0.39, 0.29) is 12.6 Å². The molecule has 0 amide bonds. The van der Waals surface area contributed by atoms with Gasteiger partial charge in [0, 0.05) is 0 Å². The molecule has 1 aliphatic carbocycles. The number of likely N-dealkylation sites (N-methyl/N-ethyl adjacent to an activating group) is 1. The van der Waals surface area contributed by atoms with Gasteiger partial charge in [0.25, 0.3) is 0 Å². The van der Waals surface area contributed by atoms with Crippen LogP contribution in [0, 0.1) is 11.8 Å². The predicted molar refractivity (Wildman–Crippen MR) is 61.9 cm³/mol. The highest BCUT2D eigenvalue weighted by Gasteiger charge is 2.24. The minimum atomic E-state index is 0.0811. The fourth-order valence-electron chi connectivity index (χ4n) is 2.49. The van der Waals surface area contributed by atoms with Crippen molar-refractivity contribution in [2.45, 2.75) is 45.3 Å². The third kappa shape index (κ3) is 4.49. The lowest BCUT2D eigenvalue weighted by atomic mass is 9.82. The predicted octanol–water partition coefficient (Wildman–Crippen LogP) is 1.41. The SMILES string of the molecule is CNC(CO)COC1CC(C)CC(C)C1. The minimum absolute atomic E-state index is 0.0811. The van der Waals surface area contributed by atoms with E-state index in [0.717, 1.165) is 11.8 Å². The van der Waals surface area contributed by atoms with Gasteiger partial charge in [-0.2, -0.15) is 0 Å². The van der Waals surface area contributed by atoms with Crippen LogP contribution in [0.5, 0.6) is 0 Å². The second-order valence-electron chi connectivity index (χ2n) is 5.04. The summed E-state index contributed by atoms with van der Waals surface area (Å²) < 4.78 is 5.85. The zero-order valence-electron chi connectivity index (χ0n) is 10.2. The molecule has 2 N–H and O–H groups in total. The van der Waals surface area contributed by atoms with Crippen molar-refractivity contribution in [3.63, 3.8) is 0 Å². The fourth-order valence-corrected chi connectivity index (χ4v) is 2.49. The maximum atomic E-state index is 9.02. The molecule has 3 heteroatoms. The van der Waals surface area contributed by atoms with E-state index < -0.39 is 0 Å². The first-order valence-corrected chi connectivity index (χ1v) is 6.05. The Morgan fingerprint density at radius 2 is 1.87 bits per heavy atom. The lowest BCUT2D eigenvalue weighted by molar-refractivity contribution is -0.0142. The van der Waals surface area contributed by atoms with Crippen molar-refractivity contribution >= 4 is 0 Å². The van der Waals surface area contributed by atoms with Gasteiger partial charge in [-0.3, -0.25) is 0 Å². The van der Waals surface area contributed by atoms with E-state index in [9.17, 15) is 0 Å². The first-order chi connectivity index (χ1) is 7.15. The lowest BCUT2D eigenvalue weighted by Gasteiger charge is -2.32. The summed E-state index contributed by atoms with van der Waals surface area (Å²) in [5.74, 6) is 1.56. The van der Waals surface area contributed by atoms with Crippen LogP contribution < -0.4 is 5.32 Å². The van der Waals surface area contributed by atoms with Gasteiger partial charge < -0.3 is 15.2 Å². The molecule has 0 aromatic heterocycles. The Labute approximate surface area is 93.2 Å². The molecule has 1 saturated carbocycles. The molecule has 15 heavy (non-hydrogen) atoms. The molecule has 3 unspecified atom stereocenters. The van der Waals surface area contributed by atoms with Gasteiger partial charge >= 0.3 is 0 Å². The average Bonchev–Trinajstić information content (AvgIpc) is 2.18. The van der Waals surface area contributed by atoms with Gasteiger partial charge in [0.15, 0.2) is 0 Å². The van der Waals surface area contributed by atoms with Crippen molar-refractivity contribution in [3.05, 3.63) is 0 Å². The number of ether oxygens (including phenoxy) is 1. The van der Waals surface area contributed by atoms with Crippen molar-refractivity contribution in [2.24, 2.45) is 11.8 Å². The van der Waals surface area contributed by atoms with Crippen LogP contribution in [-0.2, 0) is 4.74 Å². The molecule has 3 nitrogen and oxygen atoms in total. The normalized spacial score (nSPS) is 34.0. The molecule has 0 heterocycles. The largest absolute Gasteiger partial charge is 0.395 e. The van der Waals surface area contributed by atoms with Crippen molar-refractivity contribution in [1.82, 2.24) is 5.32 Å². The number of nitrogens with one attached hydrogen (secondary N) is 1. The zero-order valence-corrected chi connectivity index (χ0v) is 10.2. The van der Waals surface area contributed by atoms with Gasteiger partial charge in [0.2, 0.25) is 0 Å². The molecular weight excluding hydrogens is 190 g/mol. The molecule has 0 spiro atoms. The number of rotatable bonds is 5. The van der Waals surface area contributed by atoms with Gasteiger partial charge in [-0.1, -0.05) is 13.8 Å². The highest BCUT2D eigenvalue weighted by molar-refractivity contribution is 4.76. The monoisotopic (exact) mass is 215 g/mol. The first kappa shape index (κ1) is 12.9. The van der Waals surface area contributed by atoms with E-state index in [2.05, 4.69) is 19.2 Å². The van der Waals surface area contributed by atoms with Gasteiger partial charge in [0.1, 0.15) is 0 Å². The first-order valence-electron chi connectivity index (χ1n) is 6.05. The number of hydrogen-bond acceptors (Lipinski definition) is 3. The summed E-state index contributed by atoms with van der Waals surface area (Å²) >= 11 is 0. The number of hydrogen-bond donors (Lipinski definition) is 2. The molecular formula is C12H25NO2. The molecule has 0 aromatic rings. The van der Waals surface area contributed by atoms with Crippen LogP contribution in [0.15, 0.2) is 0 Å². The number of aliphatic hydroxyl groups is 1. The Morgan fingerprint density at radius 1 is 1.27 bits per heavy atom. The summed E-state index contributed by atoms with van der Waals surface area (Å²) in [6.45, 7) is 5.37. The smallest absolute Gasteiger partial charge is 0.0645 e. The lowest BCUT2D eigenvalue weighted by Crippen LogP contribution is -2.37. The summed E-state index contributed by atoms with van der Waals surface area (Å²) in [5.41, 5.74) is 0. The van der Waals surface area contributed by atoms with Crippen molar-refractivity contribution in [2.75, 3.05) is 20.3 Å². The maximum absolute atomic E-state index is 9.02. The van der Waals surface area contributed by atoms with E-state index in [1.54, 1.807) is 0 Å². The fraction of sp³-hybridized carbons (Fsp3) is 1.00. The van der Waals surface area contributed by atoms with Crippen LogP contribution in [0.4, 0.5) is 0 Å². The summed E-state index contributed by atoms with van der Waals surface area (Å²) in [6, 6.07) is 0.0811. The van der Waals surface area contributed by atoms with Crippen molar-refractivity contribution in [3.8, 4) is 0 Å². The second kappa shape index (κ2) is 6.46. The topological polar surface area (TPSA) is 41.5 Å². The maximum Gasteiger partial charge on any atom is 0.0645 e. The molecule has 1 rings (SSSR count). The summed E-state index contributed by atoms with van der Waals surface area (Å²) in [7, 11) is 1.86. The van der Waals surface area contributed by atoms with Crippen LogP contribution in [0.1, 0.15) is 33.1 Å². The third-order valence-corrected chi connectivity index (χ3v) is 3.30. The molecule has 1 aliphatic rings. The Kier molecular flexibility index (Phi) is 5.58. The Bertz CT molecular complexity index is 161. The van der Waals surface area contributed by atoms with E-state index in [4.69, 9.17) is 9.84 Å².